The van der Waals surface area contributed by atoms with Gasteiger partial charge < -0.3 is 10.1 Å². The molecule has 1 N–H and O–H groups in total. The molecule has 1 heterocycles. The Kier molecular flexibility index (Phi) is 3.99. The number of hydrogen-bond acceptors (Lipinski definition) is 4. The minimum Gasteiger partial charge on any atom is -0.378 e. The highest BCUT2D eigenvalue weighted by molar-refractivity contribution is 7.91. The topological polar surface area (TPSA) is 72.5 Å². The van der Waals surface area contributed by atoms with E-state index in [9.17, 15) is 13.2 Å². The molecule has 2 fully saturated rings. The molecule has 0 spiro atoms. The van der Waals surface area contributed by atoms with Crippen LogP contribution in [0.4, 0.5) is 0 Å². The molecule has 2 aliphatic rings. The van der Waals surface area contributed by atoms with E-state index in [1.54, 1.807) is 30.3 Å². The van der Waals surface area contributed by atoms with Crippen molar-refractivity contribution in [2.75, 3.05) is 12.4 Å². The highest BCUT2D eigenvalue weighted by atomic mass is 32.2. The number of ether oxygens (including phenoxy) is 1. The van der Waals surface area contributed by atoms with Gasteiger partial charge in [0.05, 0.1) is 16.8 Å². The second kappa shape index (κ2) is 5.77. The summed E-state index contributed by atoms with van der Waals surface area (Å²) in [5, 5.41) is 2.93. The molecule has 0 unspecified atom stereocenters. The average molecular weight is 309 g/mol. The second-order valence-electron chi connectivity index (χ2n) is 5.65. The lowest BCUT2D eigenvalue weighted by Crippen LogP contribution is -2.53. The molecule has 1 saturated carbocycles. The molecule has 1 aromatic carbocycles. The van der Waals surface area contributed by atoms with Gasteiger partial charge in [-0.15, -0.1) is 0 Å². The molecule has 21 heavy (non-hydrogen) atoms. The van der Waals surface area contributed by atoms with Crippen LogP contribution in [0.2, 0.25) is 0 Å². The van der Waals surface area contributed by atoms with E-state index < -0.39 is 9.84 Å². The van der Waals surface area contributed by atoms with Crippen LogP contribution in [0, 0.1) is 5.92 Å². The van der Waals surface area contributed by atoms with E-state index in [2.05, 4.69) is 5.32 Å². The first kappa shape index (κ1) is 14.5. The van der Waals surface area contributed by atoms with Crippen molar-refractivity contribution in [3.8, 4) is 0 Å². The summed E-state index contributed by atoms with van der Waals surface area (Å²) in [5.74, 6) is 0.0738. The Morgan fingerprint density at radius 2 is 2.05 bits per heavy atom. The number of carbonyl (C=O) groups is 1. The van der Waals surface area contributed by atoms with E-state index in [1.165, 1.54) is 0 Å². The van der Waals surface area contributed by atoms with Crippen LogP contribution in [0.25, 0.3) is 0 Å². The molecule has 1 aliphatic carbocycles. The van der Waals surface area contributed by atoms with Crippen LogP contribution in [0.5, 0.6) is 0 Å². The molecule has 5 nitrogen and oxygen atoms in total. The van der Waals surface area contributed by atoms with Gasteiger partial charge in [-0.2, -0.15) is 0 Å². The molecule has 0 bridgehead atoms. The van der Waals surface area contributed by atoms with Gasteiger partial charge in [-0.05, 0) is 25.0 Å². The Balaban J connectivity index is 1.50. The molecule has 1 aliphatic heterocycles. The number of carbonyl (C=O) groups excluding carboxylic acids is 1. The Bertz CT molecular complexity index is 614. The molecular formula is C15H19NO4S. The van der Waals surface area contributed by atoms with Crippen molar-refractivity contribution in [3.05, 3.63) is 30.3 Å². The zero-order chi connectivity index (χ0) is 14.9. The third-order valence-electron chi connectivity index (χ3n) is 4.31. The summed E-state index contributed by atoms with van der Waals surface area (Å²) in [6, 6.07) is 8.40. The van der Waals surface area contributed by atoms with Crippen LogP contribution in [0.3, 0.4) is 0 Å². The zero-order valence-electron chi connectivity index (χ0n) is 11.7. The standard InChI is InChI=1S/C15H19NO4S/c17-15(16-13-10-14-12(13)6-8-20-14)7-9-21(18,19)11-4-2-1-3-5-11/h1-5,12-14H,6-10H2,(H,16,17)/t12-,13-,14+/m1/s1. The summed E-state index contributed by atoms with van der Waals surface area (Å²) in [6.07, 6.45) is 2.13. The van der Waals surface area contributed by atoms with Crippen molar-refractivity contribution in [1.82, 2.24) is 5.32 Å². The molecule has 3 rings (SSSR count). The number of benzene rings is 1. The Hall–Kier alpha value is -1.40. The van der Waals surface area contributed by atoms with Crippen LogP contribution in [0.1, 0.15) is 19.3 Å². The van der Waals surface area contributed by atoms with Crippen LogP contribution in [0.15, 0.2) is 35.2 Å². The van der Waals surface area contributed by atoms with Gasteiger partial charge in [-0.3, -0.25) is 4.79 Å². The number of amides is 1. The largest absolute Gasteiger partial charge is 0.378 e. The van der Waals surface area contributed by atoms with Crippen molar-refractivity contribution >= 4 is 15.7 Å². The lowest BCUT2D eigenvalue weighted by Gasteiger charge is -2.39. The van der Waals surface area contributed by atoms with E-state index in [4.69, 9.17) is 4.74 Å². The lowest BCUT2D eigenvalue weighted by molar-refractivity contribution is -0.123. The molecular weight excluding hydrogens is 290 g/mol. The van der Waals surface area contributed by atoms with Crippen molar-refractivity contribution in [2.45, 2.75) is 36.3 Å². The van der Waals surface area contributed by atoms with Crippen LogP contribution in [-0.4, -0.2) is 38.8 Å². The molecule has 0 radical (unpaired) electrons. The smallest absolute Gasteiger partial charge is 0.221 e. The molecule has 6 heteroatoms. The van der Waals surface area contributed by atoms with Gasteiger partial charge in [0.15, 0.2) is 9.84 Å². The maximum absolute atomic E-state index is 12.1. The van der Waals surface area contributed by atoms with E-state index >= 15 is 0 Å². The fourth-order valence-electron chi connectivity index (χ4n) is 3.01. The third kappa shape index (κ3) is 3.11. The Morgan fingerprint density at radius 1 is 1.29 bits per heavy atom. The lowest BCUT2D eigenvalue weighted by atomic mass is 9.76. The quantitative estimate of drug-likeness (QED) is 0.885. The molecule has 1 aromatic rings. The van der Waals surface area contributed by atoms with Crippen molar-refractivity contribution < 1.29 is 17.9 Å². The van der Waals surface area contributed by atoms with E-state index in [0.717, 1.165) is 19.4 Å². The van der Waals surface area contributed by atoms with Gasteiger partial charge in [-0.25, -0.2) is 8.42 Å². The van der Waals surface area contributed by atoms with E-state index in [0.29, 0.717) is 12.0 Å². The average Bonchev–Trinajstić information content (AvgIpc) is 2.85. The summed E-state index contributed by atoms with van der Waals surface area (Å²) in [4.78, 5) is 12.2. The Morgan fingerprint density at radius 3 is 2.76 bits per heavy atom. The van der Waals surface area contributed by atoms with Gasteiger partial charge in [0.25, 0.3) is 0 Å². The van der Waals surface area contributed by atoms with Gasteiger partial charge in [0.2, 0.25) is 5.91 Å². The fourth-order valence-corrected chi connectivity index (χ4v) is 4.28. The highest BCUT2D eigenvalue weighted by Gasteiger charge is 2.45. The summed E-state index contributed by atoms with van der Waals surface area (Å²) >= 11 is 0. The predicted molar refractivity (Wildman–Crippen MR) is 77.5 cm³/mol. The predicted octanol–water partition coefficient (Wildman–Crippen LogP) is 1.14. The van der Waals surface area contributed by atoms with Gasteiger partial charge >= 0.3 is 0 Å². The third-order valence-corrected chi connectivity index (χ3v) is 6.04. The summed E-state index contributed by atoms with van der Waals surface area (Å²) in [5.41, 5.74) is 0. The van der Waals surface area contributed by atoms with Crippen LogP contribution >= 0.6 is 0 Å². The van der Waals surface area contributed by atoms with Gasteiger partial charge in [0.1, 0.15) is 0 Å². The van der Waals surface area contributed by atoms with Crippen molar-refractivity contribution in [2.24, 2.45) is 5.92 Å². The molecule has 1 amide bonds. The minimum absolute atomic E-state index is 0.00592. The monoisotopic (exact) mass is 309 g/mol. The second-order valence-corrected chi connectivity index (χ2v) is 7.76. The maximum Gasteiger partial charge on any atom is 0.221 e. The minimum atomic E-state index is -3.38. The number of hydrogen-bond donors (Lipinski definition) is 1. The zero-order valence-corrected chi connectivity index (χ0v) is 12.5. The first-order chi connectivity index (χ1) is 10.1. The SMILES string of the molecule is O=C(CCS(=O)(=O)c1ccccc1)N[C@@H]1C[C@@H]2OCC[C@@H]21. The first-order valence-electron chi connectivity index (χ1n) is 7.25. The van der Waals surface area contributed by atoms with Gasteiger partial charge in [0, 0.05) is 25.0 Å². The van der Waals surface area contributed by atoms with Crippen LogP contribution < -0.4 is 5.32 Å². The molecule has 3 atom stereocenters. The number of nitrogens with one attached hydrogen (secondary N) is 1. The number of sulfone groups is 1. The van der Waals surface area contributed by atoms with Crippen LogP contribution in [-0.2, 0) is 19.4 Å². The normalized spacial score (nSPS) is 27.7. The highest BCUT2D eigenvalue weighted by Crippen LogP contribution is 2.38. The molecule has 1 saturated heterocycles. The molecule has 0 aromatic heterocycles. The fraction of sp³-hybridized carbons (Fsp3) is 0.533. The van der Waals surface area contributed by atoms with E-state index in [-0.39, 0.29) is 29.0 Å². The number of fused-ring (bicyclic) bond motifs is 1. The van der Waals surface area contributed by atoms with Crippen molar-refractivity contribution in [1.29, 1.82) is 0 Å². The summed E-state index contributed by atoms with van der Waals surface area (Å²) in [7, 11) is -3.38. The number of rotatable bonds is 5. The van der Waals surface area contributed by atoms with E-state index in [1.807, 2.05) is 0 Å². The summed E-state index contributed by atoms with van der Waals surface area (Å²) < 4.78 is 29.7. The maximum atomic E-state index is 12.1. The summed E-state index contributed by atoms with van der Waals surface area (Å²) in [6.45, 7) is 0.768. The van der Waals surface area contributed by atoms with Gasteiger partial charge in [-0.1, -0.05) is 18.2 Å². The van der Waals surface area contributed by atoms with Crippen molar-refractivity contribution in [3.63, 3.8) is 0 Å². The molecule has 114 valence electrons. The first-order valence-corrected chi connectivity index (χ1v) is 8.90. The Labute approximate surface area is 124 Å².